The highest BCUT2D eigenvalue weighted by atomic mass is 32.2. The molecule has 6 rings (SSSR count). The number of aromatic nitrogens is 2. The van der Waals surface area contributed by atoms with Gasteiger partial charge in [0, 0.05) is 54.0 Å². The molecule has 1 atom stereocenters. The first kappa shape index (κ1) is 31.6. The van der Waals surface area contributed by atoms with Gasteiger partial charge in [-0.25, -0.2) is 9.37 Å². The lowest BCUT2D eigenvalue weighted by molar-refractivity contribution is -0.120. The highest BCUT2D eigenvalue weighted by molar-refractivity contribution is 7.84. The van der Waals surface area contributed by atoms with E-state index < -0.39 is 10.8 Å². The Hall–Kier alpha value is -4.37. The molecular formula is C37H40FN5O2S. The van der Waals surface area contributed by atoms with Crippen LogP contribution in [0.5, 0.6) is 0 Å². The summed E-state index contributed by atoms with van der Waals surface area (Å²) in [5.41, 5.74) is 6.37. The second-order valence-electron chi connectivity index (χ2n) is 12.5. The van der Waals surface area contributed by atoms with Gasteiger partial charge in [0.15, 0.2) is 0 Å². The van der Waals surface area contributed by atoms with Crippen molar-refractivity contribution in [3.05, 3.63) is 94.8 Å². The van der Waals surface area contributed by atoms with Gasteiger partial charge in [-0.05, 0) is 114 Å². The van der Waals surface area contributed by atoms with Crippen LogP contribution in [0.1, 0.15) is 55.7 Å². The van der Waals surface area contributed by atoms with E-state index in [0.717, 1.165) is 80.7 Å². The Morgan fingerprint density at radius 1 is 1.00 bits per heavy atom. The summed E-state index contributed by atoms with van der Waals surface area (Å²) in [5, 5.41) is 7.75. The monoisotopic (exact) mass is 637 g/mol. The van der Waals surface area contributed by atoms with E-state index in [1.165, 1.54) is 12.1 Å². The Morgan fingerprint density at radius 3 is 2.46 bits per heavy atom. The zero-order chi connectivity index (χ0) is 32.4. The third kappa shape index (κ3) is 6.89. The maximum Gasteiger partial charge on any atom is 0.225 e. The number of carbonyl (C=O) groups is 1. The summed E-state index contributed by atoms with van der Waals surface area (Å²) in [5.74, 6) is 1.57. The van der Waals surface area contributed by atoms with Gasteiger partial charge in [-0.1, -0.05) is 30.3 Å². The fraction of sp³-hybridized carbons (Fsp3) is 0.324. The summed E-state index contributed by atoms with van der Waals surface area (Å²) in [6.07, 6.45) is 7.86. The average molecular weight is 638 g/mol. The van der Waals surface area contributed by atoms with E-state index in [4.69, 9.17) is 9.97 Å². The maximum absolute atomic E-state index is 14.4. The lowest BCUT2D eigenvalue weighted by Gasteiger charge is -2.29. The molecule has 2 aliphatic carbocycles. The second kappa shape index (κ2) is 13.5. The van der Waals surface area contributed by atoms with E-state index in [1.54, 1.807) is 12.3 Å². The first-order valence-corrected chi connectivity index (χ1v) is 17.3. The topological polar surface area (TPSA) is 87.2 Å². The number of allylic oxidation sites excluding steroid dienone is 2. The van der Waals surface area contributed by atoms with E-state index >= 15 is 0 Å². The molecule has 1 aromatic heterocycles. The number of fused-ring (bicyclic) bond motifs is 2. The number of amides is 1. The number of halogens is 1. The number of hydrogen-bond donors (Lipinski definition) is 2. The Morgan fingerprint density at radius 2 is 1.74 bits per heavy atom. The molecular weight excluding hydrogens is 598 g/mol. The second-order valence-corrected chi connectivity index (χ2v) is 13.9. The number of nitrogens with zero attached hydrogens (tertiary/aromatic N) is 3. The average Bonchev–Trinajstić information content (AvgIpc) is 3.29. The molecule has 1 fully saturated rings. The molecule has 9 heteroatoms. The zero-order valence-corrected chi connectivity index (χ0v) is 27.6. The van der Waals surface area contributed by atoms with E-state index in [1.807, 2.05) is 74.4 Å². The van der Waals surface area contributed by atoms with Crippen LogP contribution >= 0.6 is 0 Å². The largest absolute Gasteiger partial charge is 0.362 e. The Balaban J connectivity index is 1.07. The summed E-state index contributed by atoms with van der Waals surface area (Å²) in [6, 6.07) is 20.7. The number of benzene rings is 3. The van der Waals surface area contributed by atoms with E-state index in [9.17, 15) is 13.4 Å². The molecule has 1 amide bonds. The molecule has 3 aromatic carbocycles. The molecule has 0 radical (unpaired) electrons. The Kier molecular flexibility index (Phi) is 9.31. The van der Waals surface area contributed by atoms with Crippen LogP contribution in [-0.4, -0.2) is 53.0 Å². The molecule has 0 spiro atoms. The number of nitrogens with one attached hydrogen (secondary N) is 2. The van der Waals surface area contributed by atoms with Crippen LogP contribution in [0.25, 0.3) is 28.1 Å². The summed E-state index contributed by atoms with van der Waals surface area (Å²) in [7, 11) is 2.94. The molecule has 0 saturated heterocycles. The number of carbonyl (C=O) groups excluding carboxylic acids is 1. The van der Waals surface area contributed by atoms with Crippen LogP contribution in [0.15, 0.2) is 77.2 Å². The smallest absolute Gasteiger partial charge is 0.225 e. The number of anilines is 2. The van der Waals surface area contributed by atoms with Crippen molar-refractivity contribution in [2.75, 3.05) is 37.1 Å². The fourth-order valence-electron chi connectivity index (χ4n) is 6.54. The van der Waals surface area contributed by atoms with Crippen LogP contribution in [0.2, 0.25) is 0 Å². The predicted octanol–water partition coefficient (Wildman–Crippen LogP) is 7.08. The summed E-state index contributed by atoms with van der Waals surface area (Å²) in [6.45, 7) is 2.62. The Bertz CT molecular complexity index is 1860. The van der Waals surface area contributed by atoms with Crippen molar-refractivity contribution in [1.29, 1.82) is 0 Å². The van der Waals surface area contributed by atoms with E-state index in [0.29, 0.717) is 18.4 Å². The lowest BCUT2D eigenvalue weighted by Crippen LogP contribution is -2.34. The molecule has 0 aliphatic heterocycles. The number of rotatable bonds is 9. The lowest BCUT2D eigenvalue weighted by atomic mass is 9.86. The van der Waals surface area contributed by atoms with Gasteiger partial charge in [0.25, 0.3) is 0 Å². The molecule has 2 N–H and O–H groups in total. The van der Waals surface area contributed by atoms with Crippen LogP contribution < -0.4 is 15.5 Å². The van der Waals surface area contributed by atoms with Crippen molar-refractivity contribution in [3.63, 3.8) is 0 Å². The van der Waals surface area contributed by atoms with E-state index in [2.05, 4.69) is 16.7 Å². The highest BCUT2D eigenvalue weighted by Crippen LogP contribution is 2.44. The fourth-order valence-corrected chi connectivity index (χ4v) is 7.06. The summed E-state index contributed by atoms with van der Waals surface area (Å²) in [4.78, 5) is 25.6. The molecule has 0 bridgehead atoms. The molecule has 4 aromatic rings. The highest BCUT2D eigenvalue weighted by Gasteiger charge is 2.27. The first-order chi connectivity index (χ1) is 22.2. The minimum atomic E-state index is -1.05. The number of para-hydroxylation sites is 1. The van der Waals surface area contributed by atoms with Crippen LogP contribution in [-0.2, 0) is 15.6 Å². The van der Waals surface area contributed by atoms with Crippen LogP contribution in [0.4, 0.5) is 16.2 Å². The Labute approximate surface area is 272 Å². The molecule has 1 heterocycles. The van der Waals surface area contributed by atoms with Crippen LogP contribution in [0.3, 0.4) is 0 Å². The van der Waals surface area contributed by atoms with E-state index in [-0.39, 0.29) is 24.2 Å². The van der Waals surface area contributed by atoms with Gasteiger partial charge in [-0.2, -0.15) is 4.98 Å². The molecule has 238 valence electrons. The SMILES string of the molecule is CC1=C(CC(=O)NCC2CCC(Nc3nc(N(C)C)c4ccccc4n3)CC2)c2cc(F)ccc2C1=Cc1ccc(S(C)=O)cc1. The maximum atomic E-state index is 14.4. The normalized spacial score (nSPS) is 19.3. The van der Waals surface area contributed by atoms with Crippen molar-refractivity contribution < 1.29 is 13.4 Å². The standard InChI is InChI=1S/C37H40FN5O2S/c1-23-31(19-24-11-16-28(17-12-24)46(4)45)29-18-13-26(38)20-33(29)32(23)21-35(44)39-22-25-9-14-27(15-10-25)40-37-41-34-8-6-5-7-30(34)36(42-37)43(2)3/h5-8,11-13,16-20,25,27H,9-10,14-15,21-22H2,1-4H3,(H,39,44)(H,40,41,42). The zero-order valence-electron chi connectivity index (χ0n) is 26.8. The van der Waals surface area contributed by atoms with Crippen molar-refractivity contribution in [3.8, 4) is 0 Å². The third-order valence-electron chi connectivity index (χ3n) is 9.09. The predicted molar refractivity (Wildman–Crippen MR) is 186 cm³/mol. The van der Waals surface area contributed by atoms with Crippen molar-refractivity contribution >= 4 is 56.6 Å². The van der Waals surface area contributed by atoms with Crippen molar-refractivity contribution in [2.45, 2.75) is 50.0 Å². The minimum Gasteiger partial charge on any atom is -0.362 e. The molecule has 2 aliphatic rings. The molecule has 1 saturated carbocycles. The van der Waals surface area contributed by atoms with Gasteiger partial charge >= 0.3 is 0 Å². The quantitative estimate of drug-likeness (QED) is 0.204. The van der Waals surface area contributed by atoms with Gasteiger partial charge in [0.05, 0.1) is 11.9 Å². The number of hydrogen-bond acceptors (Lipinski definition) is 6. The van der Waals surface area contributed by atoms with Crippen LogP contribution in [0, 0.1) is 11.7 Å². The molecule has 1 unspecified atom stereocenters. The molecule has 7 nitrogen and oxygen atoms in total. The third-order valence-corrected chi connectivity index (χ3v) is 10.0. The summed E-state index contributed by atoms with van der Waals surface area (Å²) >= 11 is 0. The van der Waals surface area contributed by atoms with Gasteiger partial charge < -0.3 is 15.5 Å². The van der Waals surface area contributed by atoms with Gasteiger partial charge in [0.2, 0.25) is 11.9 Å². The first-order valence-electron chi connectivity index (χ1n) is 15.8. The minimum absolute atomic E-state index is 0.0541. The van der Waals surface area contributed by atoms with Gasteiger partial charge in [0.1, 0.15) is 11.6 Å². The van der Waals surface area contributed by atoms with Gasteiger partial charge in [-0.3, -0.25) is 9.00 Å². The molecule has 46 heavy (non-hydrogen) atoms. The van der Waals surface area contributed by atoms with Crippen molar-refractivity contribution in [1.82, 2.24) is 15.3 Å². The summed E-state index contributed by atoms with van der Waals surface area (Å²) < 4.78 is 26.2. The van der Waals surface area contributed by atoms with Gasteiger partial charge in [-0.15, -0.1) is 0 Å². The van der Waals surface area contributed by atoms with Crippen molar-refractivity contribution in [2.24, 2.45) is 5.92 Å².